The zero-order chi connectivity index (χ0) is 21.2. The van der Waals surface area contributed by atoms with Gasteiger partial charge in [-0.05, 0) is 49.1 Å². The van der Waals surface area contributed by atoms with Crippen LogP contribution in [0.2, 0.25) is 0 Å². The van der Waals surface area contributed by atoms with Crippen LogP contribution in [0.4, 0.5) is 0 Å². The Morgan fingerprint density at radius 1 is 1.16 bits per heavy atom. The largest absolute Gasteiger partial charge is 0.467 e. The van der Waals surface area contributed by atoms with E-state index in [9.17, 15) is 8.42 Å². The number of halogens is 1. The maximum absolute atomic E-state index is 12.6. The van der Waals surface area contributed by atoms with E-state index in [0.717, 1.165) is 37.1 Å². The third kappa shape index (κ3) is 7.78. The second-order valence-electron chi connectivity index (χ2n) is 7.09. The summed E-state index contributed by atoms with van der Waals surface area (Å²) < 4.78 is 37.5. The van der Waals surface area contributed by atoms with Crippen molar-refractivity contribution in [1.29, 1.82) is 0 Å². The van der Waals surface area contributed by atoms with Gasteiger partial charge in [0.25, 0.3) is 0 Å². The number of benzene rings is 1. The smallest absolute Gasteiger partial charge is 0.243 e. The number of aliphatic imine (C=N–C) groups is 1. The van der Waals surface area contributed by atoms with Crippen molar-refractivity contribution in [2.24, 2.45) is 4.99 Å². The second kappa shape index (κ2) is 13.0. The summed E-state index contributed by atoms with van der Waals surface area (Å²) in [5.74, 6) is 1.51. The summed E-state index contributed by atoms with van der Waals surface area (Å²) in [6.07, 6.45) is 4.34. The first-order valence-corrected chi connectivity index (χ1v) is 11.7. The average molecular weight is 562 g/mol. The highest BCUT2D eigenvalue weighted by Gasteiger charge is 2.26. The Morgan fingerprint density at radius 3 is 2.55 bits per heavy atom. The lowest BCUT2D eigenvalue weighted by molar-refractivity contribution is 0.105. The molecule has 0 amide bonds. The molecule has 1 saturated heterocycles. The fraction of sp³-hybridized carbons (Fsp3) is 0.476. The highest BCUT2D eigenvalue weighted by Crippen LogP contribution is 2.21. The highest BCUT2D eigenvalue weighted by atomic mass is 127. The SMILES string of the molecule is CN=C(NCCCOCc1ccco1)NCc1ccc(S(=O)(=O)N2CCCC2)cc1.I. The molecule has 8 nitrogen and oxygen atoms in total. The van der Waals surface area contributed by atoms with Crippen LogP contribution < -0.4 is 10.6 Å². The van der Waals surface area contributed by atoms with Crippen LogP contribution in [0.25, 0.3) is 0 Å². The lowest BCUT2D eigenvalue weighted by atomic mass is 10.2. The molecule has 0 unspecified atom stereocenters. The predicted octanol–water partition coefficient (Wildman–Crippen LogP) is 2.95. The van der Waals surface area contributed by atoms with Crippen molar-refractivity contribution in [2.75, 3.05) is 33.3 Å². The molecular weight excluding hydrogens is 531 g/mol. The van der Waals surface area contributed by atoms with Crippen LogP contribution in [0.3, 0.4) is 0 Å². The van der Waals surface area contributed by atoms with Gasteiger partial charge in [0.1, 0.15) is 12.4 Å². The van der Waals surface area contributed by atoms with Crippen molar-refractivity contribution in [1.82, 2.24) is 14.9 Å². The number of rotatable bonds is 10. The van der Waals surface area contributed by atoms with Gasteiger partial charge in [-0.2, -0.15) is 4.31 Å². The first-order valence-electron chi connectivity index (χ1n) is 10.2. The Kier molecular flexibility index (Phi) is 10.8. The molecule has 0 saturated carbocycles. The lowest BCUT2D eigenvalue weighted by Crippen LogP contribution is -2.37. The molecule has 1 fully saturated rings. The van der Waals surface area contributed by atoms with Crippen LogP contribution in [-0.4, -0.2) is 52.0 Å². The van der Waals surface area contributed by atoms with Gasteiger partial charge in [-0.1, -0.05) is 12.1 Å². The van der Waals surface area contributed by atoms with E-state index >= 15 is 0 Å². The van der Waals surface area contributed by atoms with Crippen molar-refractivity contribution in [3.63, 3.8) is 0 Å². The molecule has 0 bridgehead atoms. The topological polar surface area (TPSA) is 96.2 Å². The molecule has 1 aromatic carbocycles. The first kappa shape index (κ1) is 25.6. The number of hydrogen-bond acceptors (Lipinski definition) is 5. The third-order valence-corrected chi connectivity index (χ3v) is 6.80. The van der Waals surface area contributed by atoms with Crippen LogP contribution in [0, 0.1) is 0 Å². The molecule has 2 N–H and O–H groups in total. The molecular formula is C21H31IN4O4S. The number of ether oxygens (including phenoxy) is 1. The minimum absolute atomic E-state index is 0. The molecule has 0 atom stereocenters. The third-order valence-electron chi connectivity index (χ3n) is 4.89. The predicted molar refractivity (Wildman–Crippen MR) is 131 cm³/mol. The van der Waals surface area contributed by atoms with Crippen molar-refractivity contribution in [3.8, 4) is 0 Å². The number of sulfonamides is 1. The zero-order valence-corrected chi connectivity index (χ0v) is 20.9. The quantitative estimate of drug-likeness (QED) is 0.200. The molecule has 10 heteroatoms. The molecule has 2 heterocycles. The van der Waals surface area contributed by atoms with Crippen LogP contribution in [0.15, 0.2) is 57.0 Å². The van der Waals surface area contributed by atoms with E-state index in [1.54, 1.807) is 29.7 Å². The second-order valence-corrected chi connectivity index (χ2v) is 9.03. The molecule has 0 aliphatic carbocycles. The van der Waals surface area contributed by atoms with E-state index in [4.69, 9.17) is 9.15 Å². The minimum Gasteiger partial charge on any atom is -0.467 e. The Labute approximate surface area is 201 Å². The Bertz CT molecular complexity index is 896. The number of nitrogens with zero attached hydrogens (tertiary/aromatic N) is 2. The van der Waals surface area contributed by atoms with Gasteiger partial charge in [0.05, 0.1) is 11.2 Å². The molecule has 0 radical (unpaired) electrons. The van der Waals surface area contributed by atoms with E-state index in [-0.39, 0.29) is 24.0 Å². The van der Waals surface area contributed by atoms with Gasteiger partial charge in [0, 0.05) is 39.8 Å². The minimum atomic E-state index is -3.37. The summed E-state index contributed by atoms with van der Waals surface area (Å²) in [6.45, 7) is 3.60. The van der Waals surface area contributed by atoms with E-state index in [0.29, 0.717) is 43.7 Å². The van der Waals surface area contributed by atoms with Crippen molar-refractivity contribution < 1.29 is 17.6 Å². The van der Waals surface area contributed by atoms with Crippen LogP contribution in [-0.2, 0) is 27.9 Å². The maximum Gasteiger partial charge on any atom is 0.243 e. The monoisotopic (exact) mass is 562 g/mol. The molecule has 172 valence electrons. The molecule has 0 spiro atoms. The molecule has 3 rings (SSSR count). The first-order chi connectivity index (χ1) is 14.6. The fourth-order valence-electron chi connectivity index (χ4n) is 3.21. The van der Waals surface area contributed by atoms with Crippen molar-refractivity contribution in [2.45, 2.75) is 37.3 Å². The molecule has 2 aromatic rings. The van der Waals surface area contributed by atoms with Gasteiger partial charge in [0.15, 0.2) is 5.96 Å². The Morgan fingerprint density at radius 2 is 1.90 bits per heavy atom. The summed E-state index contributed by atoms with van der Waals surface area (Å²) in [5.41, 5.74) is 0.986. The average Bonchev–Trinajstić information content (AvgIpc) is 3.47. The van der Waals surface area contributed by atoms with Gasteiger partial charge in [-0.15, -0.1) is 24.0 Å². The number of furan rings is 1. The van der Waals surface area contributed by atoms with Gasteiger partial charge in [-0.3, -0.25) is 4.99 Å². The van der Waals surface area contributed by atoms with Gasteiger partial charge < -0.3 is 19.8 Å². The van der Waals surface area contributed by atoms with Crippen molar-refractivity contribution >= 4 is 40.0 Å². The van der Waals surface area contributed by atoms with E-state index in [1.165, 1.54) is 0 Å². The number of hydrogen-bond donors (Lipinski definition) is 2. The molecule has 1 aliphatic heterocycles. The highest BCUT2D eigenvalue weighted by molar-refractivity contribution is 14.0. The summed E-state index contributed by atoms with van der Waals surface area (Å²) in [5, 5.41) is 6.47. The van der Waals surface area contributed by atoms with Gasteiger partial charge in [-0.25, -0.2) is 8.42 Å². The summed E-state index contributed by atoms with van der Waals surface area (Å²) in [4.78, 5) is 4.56. The fourth-order valence-corrected chi connectivity index (χ4v) is 4.73. The Balaban J connectivity index is 0.00000341. The lowest BCUT2D eigenvalue weighted by Gasteiger charge is -2.16. The zero-order valence-electron chi connectivity index (χ0n) is 17.7. The normalized spacial score (nSPS) is 14.9. The van der Waals surface area contributed by atoms with Gasteiger partial charge in [0.2, 0.25) is 10.0 Å². The van der Waals surface area contributed by atoms with Crippen LogP contribution in [0.1, 0.15) is 30.6 Å². The van der Waals surface area contributed by atoms with Crippen molar-refractivity contribution in [3.05, 3.63) is 54.0 Å². The van der Waals surface area contributed by atoms with Gasteiger partial charge >= 0.3 is 0 Å². The number of guanidine groups is 1. The molecule has 1 aliphatic rings. The summed E-state index contributed by atoms with van der Waals surface area (Å²) in [6, 6.07) is 10.8. The summed E-state index contributed by atoms with van der Waals surface area (Å²) in [7, 11) is -1.65. The standard InChI is InChI=1S/C21H30N4O4S.HI/c1-22-21(23-11-5-14-28-17-19-6-4-15-29-19)24-16-18-7-9-20(10-8-18)30(26,27)25-12-2-3-13-25;/h4,6-10,15H,2-3,5,11-14,16-17H2,1H3,(H2,22,23,24);1H. The molecule has 1 aromatic heterocycles. The molecule has 31 heavy (non-hydrogen) atoms. The number of nitrogens with one attached hydrogen (secondary N) is 2. The Hall–Kier alpha value is -1.63. The van der Waals surface area contributed by atoms with E-state index < -0.39 is 10.0 Å². The van der Waals surface area contributed by atoms with Crippen LogP contribution >= 0.6 is 24.0 Å². The van der Waals surface area contributed by atoms with Crippen LogP contribution in [0.5, 0.6) is 0 Å². The summed E-state index contributed by atoms with van der Waals surface area (Å²) >= 11 is 0. The van der Waals surface area contributed by atoms with E-state index in [2.05, 4.69) is 15.6 Å². The van der Waals surface area contributed by atoms with E-state index in [1.807, 2.05) is 24.3 Å². The maximum atomic E-state index is 12.6.